The van der Waals surface area contributed by atoms with Crippen molar-refractivity contribution in [3.8, 4) is 0 Å². The predicted molar refractivity (Wildman–Crippen MR) is 140 cm³/mol. The molecule has 6 aliphatic rings. The minimum atomic E-state index is -0.109. The summed E-state index contributed by atoms with van der Waals surface area (Å²) in [7, 11) is 0. The fourth-order valence-electron chi connectivity index (χ4n) is 12.5. The first-order valence-electron chi connectivity index (χ1n) is 15.0. The Morgan fingerprint density at radius 1 is 0.829 bits per heavy atom. The summed E-state index contributed by atoms with van der Waals surface area (Å²) >= 11 is 0. The zero-order valence-corrected chi connectivity index (χ0v) is 24.1. The lowest BCUT2D eigenvalue weighted by Gasteiger charge is -2.73. The molecule has 0 aromatic rings. The molecule has 0 spiro atoms. The summed E-state index contributed by atoms with van der Waals surface area (Å²) in [5.74, 6) is 3.59. The summed E-state index contributed by atoms with van der Waals surface area (Å²) in [6.07, 6.45) is 12.3. The van der Waals surface area contributed by atoms with Crippen molar-refractivity contribution in [3.63, 3.8) is 0 Å². The molecule has 0 bridgehead atoms. The predicted octanol–water partition coefficient (Wildman–Crippen LogP) is 7.81. The largest absolute Gasteiger partial charge is 0.462 e. The average molecular weight is 485 g/mol. The van der Waals surface area contributed by atoms with E-state index in [1.54, 1.807) is 6.92 Å². The molecule has 5 aliphatic carbocycles. The molecular weight excluding hydrogens is 432 g/mol. The van der Waals surface area contributed by atoms with Crippen LogP contribution in [0.5, 0.6) is 0 Å². The maximum absolute atomic E-state index is 11.9. The number of carbonyl (C=O) groups excluding carboxylic acids is 1. The first-order valence-corrected chi connectivity index (χ1v) is 15.0. The molecule has 0 N–H and O–H groups in total. The molecule has 3 nitrogen and oxygen atoms in total. The molecule has 1 aliphatic heterocycles. The normalized spacial score (nSPS) is 60.2. The van der Waals surface area contributed by atoms with Crippen LogP contribution in [0.25, 0.3) is 0 Å². The van der Waals surface area contributed by atoms with Crippen LogP contribution in [0.4, 0.5) is 0 Å². The van der Waals surface area contributed by atoms with Crippen molar-refractivity contribution in [1.29, 1.82) is 0 Å². The van der Waals surface area contributed by atoms with Gasteiger partial charge in [-0.05, 0) is 116 Å². The van der Waals surface area contributed by atoms with E-state index in [4.69, 9.17) is 9.47 Å². The molecule has 1 saturated heterocycles. The Hall–Kier alpha value is -0.570. The number of hydrogen-bond donors (Lipinski definition) is 0. The second-order valence-electron chi connectivity index (χ2n) is 16.1. The Kier molecular flexibility index (Phi) is 5.01. The number of esters is 1. The molecule has 3 heteroatoms. The Morgan fingerprint density at radius 2 is 1.54 bits per heavy atom. The van der Waals surface area contributed by atoms with Gasteiger partial charge >= 0.3 is 5.97 Å². The van der Waals surface area contributed by atoms with Gasteiger partial charge in [0, 0.05) is 12.3 Å². The van der Waals surface area contributed by atoms with E-state index in [1.165, 1.54) is 51.4 Å². The van der Waals surface area contributed by atoms with Gasteiger partial charge in [0.15, 0.2) is 0 Å². The van der Waals surface area contributed by atoms with Gasteiger partial charge in [0.1, 0.15) is 6.10 Å². The van der Waals surface area contributed by atoms with Crippen LogP contribution < -0.4 is 0 Å². The molecule has 2 unspecified atom stereocenters. The summed E-state index contributed by atoms with van der Waals surface area (Å²) in [5, 5.41) is 0. The van der Waals surface area contributed by atoms with Gasteiger partial charge in [-0.2, -0.15) is 0 Å². The smallest absolute Gasteiger partial charge is 0.302 e. The molecular formula is C32H52O3. The number of carbonyl (C=O) groups is 1. The lowest BCUT2D eigenvalue weighted by Crippen LogP contribution is -2.67. The second kappa shape index (κ2) is 7.09. The molecule has 0 amide bonds. The van der Waals surface area contributed by atoms with E-state index in [1.807, 2.05) is 0 Å². The molecule has 198 valence electrons. The summed E-state index contributed by atoms with van der Waals surface area (Å²) < 4.78 is 12.3. The monoisotopic (exact) mass is 484 g/mol. The van der Waals surface area contributed by atoms with Gasteiger partial charge < -0.3 is 9.47 Å². The summed E-state index contributed by atoms with van der Waals surface area (Å²) in [6.45, 7) is 22.1. The zero-order chi connectivity index (χ0) is 25.4. The fourth-order valence-corrected chi connectivity index (χ4v) is 12.5. The minimum Gasteiger partial charge on any atom is -0.462 e. The van der Waals surface area contributed by atoms with Crippen molar-refractivity contribution in [2.45, 2.75) is 138 Å². The molecule has 12 atom stereocenters. The van der Waals surface area contributed by atoms with E-state index in [2.05, 4.69) is 55.4 Å². The lowest BCUT2D eigenvalue weighted by molar-refractivity contribution is -0.256. The molecule has 5 saturated carbocycles. The van der Waals surface area contributed by atoms with Gasteiger partial charge in [0.25, 0.3) is 0 Å². The molecule has 35 heavy (non-hydrogen) atoms. The Labute approximate surface area is 214 Å². The Balaban J connectivity index is 1.35. The molecule has 6 rings (SSSR count). The summed E-state index contributed by atoms with van der Waals surface area (Å²) in [5.41, 5.74) is 1.80. The average Bonchev–Trinajstić information content (AvgIpc) is 3.41. The number of rotatable bonds is 1. The Morgan fingerprint density at radius 3 is 2.23 bits per heavy atom. The van der Waals surface area contributed by atoms with E-state index in [9.17, 15) is 4.79 Å². The zero-order valence-electron chi connectivity index (χ0n) is 24.1. The number of epoxide rings is 1. The van der Waals surface area contributed by atoms with Crippen LogP contribution in [-0.2, 0) is 14.3 Å². The van der Waals surface area contributed by atoms with Crippen LogP contribution in [0, 0.1) is 56.7 Å². The van der Waals surface area contributed by atoms with Crippen molar-refractivity contribution in [3.05, 3.63) is 0 Å². The van der Waals surface area contributed by atoms with Crippen LogP contribution in [-0.4, -0.2) is 23.8 Å². The summed E-state index contributed by atoms with van der Waals surface area (Å²) in [6, 6.07) is 0. The third-order valence-corrected chi connectivity index (χ3v) is 14.7. The third-order valence-electron chi connectivity index (χ3n) is 14.7. The van der Waals surface area contributed by atoms with E-state index in [0.717, 1.165) is 24.2 Å². The van der Waals surface area contributed by atoms with Crippen LogP contribution in [0.1, 0.15) is 120 Å². The van der Waals surface area contributed by atoms with Crippen LogP contribution in [0.2, 0.25) is 0 Å². The number of ether oxygens (including phenoxy) is 2. The molecule has 0 aromatic carbocycles. The van der Waals surface area contributed by atoms with E-state index >= 15 is 0 Å². The highest BCUT2D eigenvalue weighted by atomic mass is 16.6. The van der Waals surface area contributed by atoms with Crippen LogP contribution in [0.15, 0.2) is 0 Å². The third kappa shape index (κ3) is 2.92. The van der Waals surface area contributed by atoms with Crippen molar-refractivity contribution >= 4 is 5.97 Å². The van der Waals surface area contributed by atoms with Gasteiger partial charge in [0.05, 0.1) is 11.7 Å². The quantitative estimate of drug-likeness (QED) is 0.281. The Bertz CT molecular complexity index is 926. The lowest BCUT2D eigenvalue weighted by atomic mass is 9.31. The maximum atomic E-state index is 11.9. The topological polar surface area (TPSA) is 38.8 Å². The van der Waals surface area contributed by atoms with Crippen molar-refractivity contribution in [1.82, 2.24) is 0 Å². The van der Waals surface area contributed by atoms with Crippen molar-refractivity contribution in [2.24, 2.45) is 56.7 Å². The van der Waals surface area contributed by atoms with Crippen molar-refractivity contribution < 1.29 is 14.3 Å². The molecule has 0 radical (unpaired) electrons. The van der Waals surface area contributed by atoms with E-state index < -0.39 is 0 Å². The van der Waals surface area contributed by atoms with Gasteiger partial charge in [0.2, 0.25) is 0 Å². The van der Waals surface area contributed by atoms with E-state index in [-0.39, 0.29) is 23.1 Å². The fraction of sp³-hybridized carbons (Fsp3) is 0.969. The second-order valence-corrected chi connectivity index (χ2v) is 16.1. The SMILES string of the molecule is CC(=O)O[C@H]1CC[C@@]2(C)C(CC[C@]3(C)[C@@H]2CC[C@@H]2C4[C@H](C)[C@]5(C)O[C@@H]5C[C@]4(C)CC[C@]23C)C1(C)C. The first kappa shape index (κ1) is 24.7. The first-order chi connectivity index (χ1) is 16.1. The number of fused-ring (bicyclic) bond motifs is 8. The molecule has 6 fully saturated rings. The molecule has 1 heterocycles. The summed E-state index contributed by atoms with van der Waals surface area (Å²) in [4.78, 5) is 11.9. The minimum absolute atomic E-state index is 0.0493. The van der Waals surface area contributed by atoms with Crippen LogP contribution in [0.3, 0.4) is 0 Å². The number of hydrogen-bond acceptors (Lipinski definition) is 3. The maximum Gasteiger partial charge on any atom is 0.302 e. The van der Waals surface area contributed by atoms with Gasteiger partial charge in [-0.1, -0.05) is 48.5 Å². The van der Waals surface area contributed by atoms with Gasteiger partial charge in [-0.15, -0.1) is 0 Å². The van der Waals surface area contributed by atoms with Crippen LogP contribution >= 0.6 is 0 Å². The molecule has 0 aromatic heterocycles. The van der Waals surface area contributed by atoms with Gasteiger partial charge in [-0.25, -0.2) is 0 Å². The van der Waals surface area contributed by atoms with Gasteiger partial charge in [-0.3, -0.25) is 4.79 Å². The standard InChI is InChI=1S/C32H52O3/c1-19-26-21-10-11-23-29(6)14-13-24(34-20(2)33)27(3,4)22(29)12-15-31(23,8)30(21,7)17-16-28(26,5)18-25-32(19,9)35-25/h19,21-26H,10-18H2,1-9H3/t19-,21+,22?,23+,24-,25+,26?,28-,29-,30+,31+,32-/m0/s1. The highest BCUT2D eigenvalue weighted by Gasteiger charge is 2.74. The highest BCUT2D eigenvalue weighted by Crippen LogP contribution is 2.78. The van der Waals surface area contributed by atoms with E-state index in [0.29, 0.717) is 39.6 Å². The van der Waals surface area contributed by atoms with Crippen molar-refractivity contribution in [2.75, 3.05) is 0 Å². The highest BCUT2D eigenvalue weighted by molar-refractivity contribution is 5.66.